The SMILES string of the molecule is COc1ccc(-n2c(=C(C#N)C#N)sc(=Cc3ccc(OC(F)F)c(OC)c3)c2=O)cc1. The van der Waals surface area contributed by atoms with E-state index in [2.05, 4.69) is 4.74 Å². The number of benzene rings is 2. The Bertz CT molecular complexity index is 1380. The molecule has 0 amide bonds. The number of nitrogens with zero attached hydrogens (tertiary/aromatic N) is 3. The molecule has 0 aliphatic rings. The highest BCUT2D eigenvalue weighted by Gasteiger charge is 2.13. The molecule has 0 spiro atoms. The topological polar surface area (TPSA) is 97.3 Å². The number of methoxy groups -OCH3 is 2. The van der Waals surface area contributed by atoms with E-state index in [9.17, 15) is 24.1 Å². The van der Waals surface area contributed by atoms with Gasteiger partial charge in [0.05, 0.1) is 24.4 Å². The number of nitriles is 2. The van der Waals surface area contributed by atoms with Crippen molar-refractivity contribution in [2.45, 2.75) is 6.61 Å². The first-order chi connectivity index (χ1) is 15.4. The Balaban J connectivity index is 2.24. The van der Waals surface area contributed by atoms with Crippen LogP contribution in [-0.4, -0.2) is 25.4 Å². The summed E-state index contributed by atoms with van der Waals surface area (Å²) in [5.41, 5.74) is 0.250. The fraction of sp³-hybridized carbons (Fsp3) is 0.136. The minimum Gasteiger partial charge on any atom is -0.497 e. The van der Waals surface area contributed by atoms with Gasteiger partial charge in [-0.25, -0.2) is 0 Å². The van der Waals surface area contributed by atoms with Gasteiger partial charge >= 0.3 is 6.61 Å². The van der Waals surface area contributed by atoms with Crippen molar-refractivity contribution in [3.05, 3.63) is 67.6 Å². The number of aromatic nitrogens is 1. The molecule has 0 N–H and O–H groups in total. The van der Waals surface area contributed by atoms with Gasteiger partial charge in [-0.05, 0) is 48.0 Å². The fourth-order valence-electron chi connectivity index (χ4n) is 2.86. The maximum Gasteiger partial charge on any atom is 0.387 e. The summed E-state index contributed by atoms with van der Waals surface area (Å²) >= 11 is 0.961. The molecule has 162 valence electrons. The van der Waals surface area contributed by atoms with Crippen molar-refractivity contribution in [3.63, 3.8) is 0 Å². The number of hydrogen-bond donors (Lipinski definition) is 0. The molecule has 32 heavy (non-hydrogen) atoms. The normalized spacial score (nSPS) is 11.0. The quantitative estimate of drug-likeness (QED) is 0.567. The number of hydrogen-bond acceptors (Lipinski definition) is 7. The molecule has 0 saturated carbocycles. The molecule has 1 heterocycles. The van der Waals surface area contributed by atoms with E-state index in [0.29, 0.717) is 17.0 Å². The van der Waals surface area contributed by atoms with Crippen LogP contribution >= 0.6 is 11.3 Å². The summed E-state index contributed by atoms with van der Waals surface area (Å²) in [4.78, 5) is 13.2. The summed E-state index contributed by atoms with van der Waals surface area (Å²) in [5.74, 6) is 0.493. The van der Waals surface area contributed by atoms with Gasteiger partial charge in [-0.2, -0.15) is 19.3 Å². The van der Waals surface area contributed by atoms with Crippen molar-refractivity contribution in [3.8, 4) is 35.1 Å². The van der Waals surface area contributed by atoms with Crippen molar-refractivity contribution in [2.75, 3.05) is 14.2 Å². The molecular weight excluding hydrogens is 440 g/mol. The first-order valence-corrected chi connectivity index (χ1v) is 9.78. The Hall–Kier alpha value is -4.15. The smallest absolute Gasteiger partial charge is 0.387 e. The second kappa shape index (κ2) is 9.77. The lowest BCUT2D eigenvalue weighted by Crippen LogP contribution is -2.30. The molecule has 3 rings (SSSR count). The first-order valence-electron chi connectivity index (χ1n) is 8.97. The first kappa shape index (κ1) is 22.5. The lowest BCUT2D eigenvalue weighted by molar-refractivity contribution is -0.0512. The summed E-state index contributed by atoms with van der Waals surface area (Å²) < 4.78 is 41.4. The summed E-state index contributed by atoms with van der Waals surface area (Å²) in [6, 6.07) is 14.4. The van der Waals surface area contributed by atoms with E-state index < -0.39 is 12.2 Å². The standard InChI is InChI=1S/C22H15F2N3O4S/c1-29-16-6-4-15(5-7-16)27-20(28)19(32-21(27)14(11-25)12-26)10-13-3-8-17(31-22(23)24)18(9-13)30-2/h3-10,22H,1-2H3. The monoisotopic (exact) mass is 455 g/mol. The molecule has 3 aromatic rings. The second-order valence-corrected chi connectivity index (χ2v) is 7.17. The van der Waals surface area contributed by atoms with E-state index in [-0.39, 0.29) is 26.3 Å². The molecule has 0 atom stereocenters. The van der Waals surface area contributed by atoms with Crippen molar-refractivity contribution >= 4 is 23.0 Å². The third kappa shape index (κ3) is 4.61. The number of thiazole rings is 1. The highest BCUT2D eigenvalue weighted by atomic mass is 32.1. The third-order valence-electron chi connectivity index (χ3n) is 4.29. The maximum absolute atomic E-state index is 13.2. The van der Waals surface area contributed by atoms with Gasteiger partial charge in [-0.1, -0.05) is 6.07 Å². The predicted molar refractivity (Wildman–Crippen MR) is 114 cm³/mol. The molecule has 0 aliphatic carbocycles. The Labute approximate surface area is 184 Å². The molecule has 1 aromatic heterocycles. The van der Waals surface area contributed by atoms with Crippen LogP contribution in [0.4, 0.5) is 8.78 Å². The van der Waals surface area contributed by atoms with Gasteiger partial charge in [-0.3, -0.25) is 9.36 Å². The molecular formula is C22H15F2N3O4S. The van der Waals surface area contributed by atoms with E-state index in [0.717, 1.165) is 11.3 Å². The molecule has 0 saturated heterocycles. The minimum absolute atomic E-state index is 0.0626. The number of halogens is 2. The van der Waals surface area contributed by atoms with Crippen LogP contribution in [0.25, 0.3) is 17.3 Å². The highest BCUT2D eigenvalue weighted by Crippen LogP contribution is 2.29. The van der Waals surface area contributed by atoms with Crippen molar-refractivity contribution in [1.29, 1.82) is 10.5 Å². The van der Waals surface area contributed by atoms with Crippen LogP contribution in [0.2, 0.25) is 0 Å². The zero-order valence-corrected chi connectivity index (χ0v) is 17.7. The van der Waals surface area contributed by atoms with Crippen LogP contribution in [0.5, 0.6) is 17.2 Å². The maximum atomic E-state index is 13.2. The van der Waals surface area contributed by atoms with Gasteiger partial charge in [0.25, 0.3) is 5.56 Å². The Morgan fingerprint density at radius 1 is 1.06 bits per heavy atom. The van der Waals surface area contributed by atoms with Crippen molar-refractivity contribution < 1.29 is 23.0 Å². The van der Waals surface area contributed by atoms with Crippen LogP contribution in [-0.2, 0) is 0 Å². The molecule has 2 aromatic carbocycles. The van der Waals surface area contributed by atoms with E-state index in [4.69, 9.17) is 9.47 Å². The Morgan fingerprint density at radius 3 is 2.31 bits per heavy atom. The molecule has 0 bridgehead atoms. The number of rotatable bonds is 6. The Kier molecular flexibility index (Phi) is 6.88. The molecule has 0 aliphatic heterocycles. The number of alkyl halides is 2. The van der Waals surface area contributed by atoms with E-state index in [1.165, 1.54) is 43.1 Å². The Morgan fingerprint density at radius 2 is 1.75 bits per heavy atom. The summed E-state index contributed by atoms with van der Waals surface area (Å²) in [6.07, 6.45) is 1.51. The summed E-state index contributed by atoms with van der Waals surface area (Å²) in [6.45, 7) is -3.01. The zero-order chi connectivity index (χ0) is 23.3. The average Bonchev–Trinajstić information content (AvgIpc) is 3.11. The summed E-state index contributed by atoms with van der Waals surface area (Å²) in [5, 5.41) is 18.7. The van der Waals surface area contributed by atoms with Crippen LogP contribution in [0.15, 0.2) is 47.3 Å². The zero-order valence-electron chi connectivity index (χ0n) is 16.8. The number of ether oxygens (including phenoxy) is 3. The molecule has 0 fully saturated rings. The molecule has 0 radical (unpaired) electrons. The third-order valence-corrected chi connectivity index (χ3v) is 5.39. The van der Waals surface area contributed by atoms with Crippen molar-refractivity contribution in [1.82, 2.24) is 4.57 Å². The second-order valence-electron chi connectivity index (χ2n) is 6.14. The van der Waals surface area contributed by atoms with Gasteiger partial charge in [0.15, 0.2) is 17.1 Å². The summed E-state index contributed by atoms with van der Waals surface area (Å²) in [7, 11) is 2.81. The van der Waals surface area contributed by atoms with Crippen LogP contribution in [0.3, 0.4) is 0 Å². The van der Waals surface area contributed by atoms with E-state index >= 15 is 0 Å². The molecule has 0 unspecified atom stereocenters. The van der Waals surface area contributed by atoms with Gasteiger partial charge in [0, 0.05) is 0 Å². The lowest BCUT2D eigenvalue weighted by atomic mass is 10.2. The molecule has 7 nitrogen and oxygen atoms in total. The largest absolute Gasteiger partial charge is 0.497 e. The van der Waals surface area contributed by atoms with E-state index in [1.54, 1.807) is 24.3 Å². The van der Waals surface area contributed by atoms with Crippen molar-refractivity contribution in [2.24, 2.45) is 0 Å². The highest BCUT2D eigenvalue weighted by molar-refractivity contribution is 7.07. The van der Waals surface area contributed by atoms with Crippen LogP contribution < -0.4 is 29.0 Å². The van der Waals surface area contributed by atoms with Crippen LogP contribution in [0, 0.1) is 22.7 Å². The van der Waals surface area contributed by atoms with Gasteiger partial charge in [-0.15, -0.1) is 11.3 Å². The average molecular weight is 455 g/mol. The fourth-order valence-corrected chi connectivity index (χ4v) is 3.91. The molecule has 10 heteroatoms. The van der Waals surface area contributed by atoms with Gasteiger partial charge in [0.2, 0.25) is 0 Å². The lowest BCUT2D eigenvalue weighted by Gasteiger charge is -2.09. The van der Waals surface area contributed by atoms with Crippen LogP contribution in [0.1, 0.15) is 5.56 Å². The van der Waals surface area contributed by atoms with Gasteiger partial charge < -0.3 is 14.2 Å². The van der Waals surface area contributed by atoms with Gasteiger partial charge in [0.1, 0.15) is 22.6 Å². The van der Waals surface area contributed by atoms with E-state index in [1.807, 2.05) is 12.1 Å². The predicted octanol–water partition coefficient (Wildman–Crippen LogP) is 2.54. The minimum atomic E-state index is -3.01.